The maximum atomic E-state index is 11.0. The van der Waals surface area contributed by atoms with Gasteiger partial charge >= 0.3 is 5.97 Å². The van der Waals surface area contributed by atoms with Crippen molar-refractivity contribution in [1.82, 2.24) is 4.90 Å². The largest absolute Gasteiger partial charge is 0.462 e. The average Bonchev–Trinajstić information content (AvgIpc) is 2.25. The number of esters is 1. The molecule has 0 aromatic rings. The molecule has 0 aromatic carbocycles. The van der Waals surface area contributed by atoms with Crippen LogP contribution in [0, 0.1) is 0 Å². The van der Waals surface area contributed by atoms with Crippen LogP contribution in [-0.2, 0) is 9.53 Å². The van der Waals surface area contributed by atoms with Gasteiger partial charge in [0.1, 0.15) is 0 Å². The van der Waals surface area contributed by atoms with Gasteiger partial charge in [-0.25, -0.2) is 4.79 Å². The average molecular weight is 227 g/mol. The van der Waals surface area contributed by atoms with Crippen molar-refractivity contribution in [1.29, 1.82) is 0 Å². The molecule has 3 nitrogen and oxygen atoms in total. The number of hydrogen-bond acceptors (Lipinski definition) is 3. The van der Waals surface area contributed by atoms with Crippen molar-refractivity contribution >= 4 is 5.97 Å². The second kappa shape index (κ2) is 10.7. The molecule has 0 aliphatic heterocycles. The van der Waals surface area contributed by atoms with E-state index in [-0.39, 0.29) is 5.97 Å². The lowest BCUT2D eigenvalue weighted by Gasteiger charge is -2.20. The molecule has 0 saturated carbocycles. The second-order valence-corrected chi connectivity index (χ2v) is 3.86. The van der Waals surface area contributed by atoms with Crippen molar-refractivity contribution in [3.05, 3.63) is 12.2 Å². The van der Waals surface area contributed by atoms with E-state index in [0.717, 1.165) is 26.1 Å². The molecule has 0 fully saturated rings. The smallest absolute Gasteiger partial charge is 0.330 e. The number of carbonyl (C=O) groups is 1. The topological polar surface area (TPSA) is 29.5 Å². The van der Waals surface area contributed by atoms with Crippen LogP contribution in [0.4, 0.5) is 0 Å². The molecule has 16 heavy (non-hydrogen) atoms. The minimum absolute atomic E-state index is 0.236. The molecule has 0 radical (unpaired) electrons. The predicted octanol–water partition coefficient (Wildman–Crippen LogP) is 2.62. The highest BCUT2D eigenvalue weighted by molar-refractivity contribution is 5.81. The highest BCUT2D eigenvalue weighted by atomic mass is 16.5. The van der Waals surface area contributed by atoms with E-state index in [0.29, 0.717) is 6.61 Å². The first kappa shape index (κ1) is 15.2. The van der Waals surface area contributed by atoms with Crippen LogP contribution in [-0.4, -0.2) is 37.1 Å². The van der Waals surface area contributed by atoms with Crippen LogP contribution in [0.15, 0.2) is 12.2 Å². The summed E-state index contributed by atoms with van der Waals surface area (Å²) in [5, 5.41) is 0. The molecule has 3 heteroatoms. The number of hydrogen-bond donors (Lipinski definition) is 0. The van der Waals surface area contributed by atoms with Crippen LogP contribution in [0.2, 0.25) is 0 Å². The quantitative estimate of drug-likeness (QED) is 0.344. The van der Waals surface area contributed by atoms with Gasteiger partial charge in [-0.3, -0.25) is 0 Å². The molecule has 0 unspecified atom stereocenters. The van der Waals surface area contributed by atoms with Gasteiger partial charge in [0.25, 0.3) is 0 Å². The van der Waals surface area contributed by atoms with Gasteiger partial charge in [-0.2, -0.15) is 0 Å². The molecule has 0 N–H and O–H groups in total. The van der Waals surface area contributed by atoms with Crippen LogP contribution in [0.3, 0.4) is 0 Å². The van der Waals surface area contributed by atoms with Crippen LogP contribution in [0.1, 0.15) is 40.0 Å². The van der Waals surface area contributed by atoms with Crippen molar-refractivity contribution < 1.29 is 9.53 Å². The van der Waals surface area contributed by atoms with Crippen molar-refractivity contribution in [3.8, 4) is 0 Å². The van der Waals surface area contributed by atoms with Crippen molar-refractivity contribution in [2.75, 3.05) is 26.2 Å². The van der Waals surface area contributed by atoms with Crippen LogP contribution in [0.25, 0.3) is 0 Å². The first-order chi connectivity index (χ1) is 7.74. The zero-order valence-corrected chi connectivity index (χ0v) is 10.9. The van der Waals surface area contributed by atoms with E-state index in [1.807, 2.05) is 6.92 Å². The molecule has 0 aromatic heterocycles. The fourth-order valence-corrected chi connectivity index (χ4v) is 1.61. The highest BCUT2D eigenvalue weighted by Crippen LogP contribution is 1.97. The Kier molecular flexibility index (Phi) is 10.1. The molecule has 0 rings (SSSR count). The SMILES string of the molecule is C/C=C\C(=O)OCCCN(CCC)CCC. The Morgan fingerprint density at radius 1 is 1.19 bits per heavy atom. The molecule has 0 saturated heterocycles. The maximum absolute atomic E-state index is 11.0. The third kappa shape index (κ3) is 8.48. The molecule has 0 spiro atoms. The molecular weight excluding hydrogens is 202 g/mol. The normalized spacial score (nSPS) is 11.2. The first-order valence-electron chi connectivity index (χ1n) is 6.26. The lowest BCUT2D eigenvalue weighted by molar-refractivity contribution is -0.137. The van der Waals surface area contributed by atoms with Crippen LogP contribution < -0.4 is 0 Å². The fourth-order valence-electron chi connectivity index (χ4n) is 1.61. The summed E-state index contributed by atoms with van der Waals surface area (Å²) in [6.07, 6.45) is 6.43. The summed E-state index contributed by atoms with van der Waals surface area (Å²) >= 11 is 0. The van der Waals surface area contributed by atoms with E-state index >= 15 is 0 Å². The monoisotopic (exact) mass is 227 g/mol. The minimum Gasteiger partial charge on any atom is -0.462 e. The van der Waals surface area contributed by atoms with Crippen molar-refractivity contribution in [3.63, 3.8) is 0 Å². The zero-order valence-electron chi connectivity index (χ0n) is 10.9. The highest BCUT2D eigenvalue weighted by Gasteiger charge is 2.02. The van der Waals surface area contributed by atoms with E-state index in [1.54, 1.807) is 6.08 Å². The molecule has 0 amide bonds. The Balaban J connectivity index is 3.57. The Bertz CT molecular complexity index is 196. The summed E-state index contributed by atoms with van der Waals surface area (Å²) in [7, 11) is 0. The second-order valence-electron chi connectivity index (χ2n) is 3.86. The first-order valence-corrected chi connectivity index (χ1v) is 6.26. The lowest BCUT2D eigenvalue weighted by atomic mass is 10.3. The summed E-state index contributed by atoms with van der Waals surface area (Å²) in [4.78, 5) is 13.4. The molecular formula is C13H25NO2. The van der Waals surface area contributed by atoms with E-state index < -0.39 is 0 Å². The summed E-state index contributed by atoms with van der Waals surface area (Å²) < 4.78 is 5.04. The molecule has 0 aliphatic rings. The summed E-state index contributed by atoms with van der Waals surface area (Å²) in [5.74, 6) is -0.236. The summed E-state index contributed by atoms with van der Waals surface area (Å²) in [6, 6.07) is 0. The van der Waals surface area contributed by atoms with Gasteiger partial charge in [0, 0.05) is 12.6 Å². The van der Waals surface area contributed by atoms with E-state index in [1.165, 1.54) is 18.9 Å². The maximum Gasteiger partial charge on any atom is 0.330 e. The molecule has 0 atom stereocenters. The number of nitrogens with zero attached hydrogens (tertiary/aromatic N) is 1. The van der Waals surface area contributed by atoms with E-state index in [4.69, 9.17) is 4.74 Å². The minimum atomic E-state index is -0.236. The molecule has 0 heterocycles. The number of rotatable bonds is 9. The predicted molar refractivity (Wildman–Crippen MR) is 67.4 cm³/mol. The number of carbonyl (C=O) groups excluding carboxylic acids is 1. The van der Waals surface area contributed by atoms with Crippen LogP contribution in [0.5, 0.6) is 0 Å². The van der Waals surface area contributed by atoms with Gasteiger partial charge in [0.2, 0.25) is 0 Å². The van der Waals surface area contributed by atoms with Gasteiger partial charge in [-0.05, 0) is 39.3 Å². The van der Waals surface area contributed by atoms with Crippen molar-refractivity contribution in [2.45, 2.75) is 40.0 Å². The summed E-state index contributed by atoms with van der Waals surface area (Å²) in [6.45, 7) is 10.0. The Labute approximate surface area is 99.5 Å². The number of ether oxygens (including phenoxy) is 1. The fraction of sp³-hybridized carbons (Fsp3) is 0.769. The van der Waals surface area contributed by atoms with Gasteiger partial charge in [0.15, 0.2) is 0 Å². The van der Waals surface area contributed by atoms with E-state index in [2.05, 4.69) is 18.7 Å². The Hall–Kier alpha value is -0.830. The standard InChI is InChI=1S/C13H25NO2/c1-4-8-13(15)16-12-7-11-14(9-5-2)10-6-3/h4,8H,5-7,9-12H2,1-3H3/b8-4-. The Morgan fingerprint density at radius 2 is 1.81 bits per heavy atom. The van der Waals surface area contributed by atoms with Gasteiger partial charge in [-0.1, -0.05) is 19.9 Å². The van der Waals surface area contributed by atoms with Gasteiger partial charge in [0.05, 0.1) is 6.61 Å². The van der Waals surface area contributed by atoms with Gasteiger partial charge < -0.3 is 9.64 Å². The number of allylic oxidation sites excluding steroid dienone is 1. The van der Waals surface area contributed by atoms with E-state index in [9.17, 15) is 4.79 Å². The van der Waals surface area contributed by atoms with Crippen LogP contribution >= 0.6 is 0 Å². The zero-order chi connectivity index (χ0) is 12.2. The summed E-state index contributed by atoms with van der Waals surface area (Å²) in [5.41, 5.74) is 0. The molecule has 0 aliphatic carbocycles. The van der Waals surface area contributed by atoms with Crippen molar-refractivity contribution in [2.24, 2.45) is 0 Å². The molecule has 0 bridgehead atoms. The lowest BCUT2D eigenvalue weighted by Crippen LogP contribution is -2.27. The van der Waals surface area contributed by atoms with Gasteiger partial charge in [-0.15, -0.1) is 0 Å². The Morgan fingerprint density at radius 3 is 2.31 bits per heavy atom. The third-order valence-corrected chi connectivity index (χ3v) is 2.25. The third-order valence-electron chi connectivity index (χ3n) is 2.25. The molecule has 94 valence electrons.